The van der Waals surface area contributed by atoms with Gasteiger partial charge in [0, 0.05) is 44.3 Å². The molecule has 1 amide bonds. The third-order valence-corrected chi connectivity index (χ3v) is 6.61. The molecule has 2 saturated heterocycles. The molecule has 1 unspecified atom stereocenters. The summed E-state index contributed by atoms with van der Waals surface area (Å²) in [4.78, 5) is 17.1. The van der Waals surface area contributed by atoms with Crippen LogP contribution >= 0.6 is 0 Å². The Hall–Kier alpha value is -0.810. The van der Waals surface area contributed by atoms with Gasteiger partial charge in [0.1, 0.15) is 5.60 Å². The van der Waals surface area contributed by atoms with Gasteiger partial charge in [0.25, 0.3) is 0 Å². The lowest BCUT2D eigenvalue weighted by atomic mass is 9.81. The Morgan fingerprint density at radius 2 is 1.70 bits per heavy atom. The SMILES string of the molecule is CC(C)(C)OC(=O)N1CCC(CC2(N3CCNCC3C(C)(C)C)CC2)CC1. The Balaban J connectivity index is 1.55. The average Bonchev–Trinajstić information content (AvgIpc) is 3.34. The number of ether oxygens (including phenoxy) is 1. The number of hydrogen-bond acceptors (Lipinski definition) is 4. The summed E-state index contributed by atoms with van der Waals surface area (Å²) in [5.41, 5.74) is 0.332. The van der Waals surface area contributed by atoms with E-state index in [0.29, 0.717) is 17.0 Å². The molecule has 3 aliphatic rings. The molecule has 1 atom stereocenters. The molecule has 2 aliphatic heterocycles. The summed E-state index contributed by atoms with van der Waals surface area (Å²) < 4.78 is 5.54. The summed E-state index contributed by atoms with van der Waals surface area (Å²) in [7, 11) is 0. The van der Waals surface area contributed by atoms with E-state index >= 15 is 0 Å². The molecular weight excluding hydrogens is 338 g/mol. The smallest absolute Gasteiger partial charge is 0.410 e. The molecule has 0 spiro atoms. The highest BCUT2D eigenvalue weighted by Gasteiger charge is 2.53. The second-order valence-electron chi connectivity index (χ2n) is 11.1. The minimum Gasteiger partial charge on any atom is -0.444 e. The highest BCUT2D eigenvalue weighted by atomic mass is 16.6. The fourth-order valence-electron chi connectivity index (χ4n) is 4.98. The molecule has 5 heteroatoms. The van der Waals surface area contributed by atoms with Gasteiger partial charge in [0.2, 0.25) is 0 Å². The summed E-state index contributed by atoms with van der Waals surface area (Å²) in [5, 5.41) is 3.61. The number of rotatable bonds is 3. The monoisotopic (exact) mass is 379 g/mol. The van der Waals surface area contributed by atoms with Gasteiger partial charge in [-0.25, -0.2) is 4.79 Å². The van der Waals surface area contributed by atoms with E-state index < -0.39 is 5.60 Å². The summed E-state index contributed by atoms with van der Waals surface area (Å²) in [6.45, 7) is 18.1. The molecule has 0 aromatic rings. The van der Waals surface area contributed by atoms with Crippen LogP contribution in [-0.4, -0.2) is 65.8 Å². The Bertz CT molecular complexity index is 523. The van der Waals surface area contributed by atoms with Crippen molar-refractivity contribution in [2.75, 3.05) is 32.7 Å². The Morgan fingerprint density at radius 1 is 1.07 bits per heavy atom. The van der Waals surface area contributed by atoms with Crippen LogP contribution in [0.4, 0.5) is 4.79 Å². The number of likely N-dealkylation sites (tertiary alicyclic amines) is 1. The molecule has 1 saturated carbocycles. The van der Waals surface area contributed by atoms with Crippen molar-refractivity contribution in [1.82, 2.24) is 15.1 Å². The maximum Gasteiger partial charge on any atom is 0.410 e. The molecule has 1 aliphatic carbocycles. The molecular formula is C22H41N3O2. The first-order chi connectivity index (χ1) is 12.5. The number of hydrogen-bond donors (Lipinski definition) is 1. The Labute approximate surface area is 166 Å². The predicted molar refractivity (Wildman–Crippen MR) is 110 cm³/mol. The van der Waals surface area contributed by atoms with E-state index in [1.54, 1.807) is 0 Å². The van der Waals surface area contributed by atoms with Crippen LogP contribution in [0.2, 0.25) is 0 Å². The van der Waals surface area contributed by atoms with Crippen LogP contribution < -0.4 is 5.32 Å². The quantitative estimate of drug-likeness (QED) is 0.808. The van der Waals surface area contributed by atoms with E-state index in [2.05, 4.69) is 31.0 Å². The number of nitrogens with one attached hydrogen (secondary N) is 1. The minimum absolute atomic E-state index is 0.142. The lowest BCUT2D eigenvalue weighted by molar-refractivity contribution is 0.00351. The average molecular weight is 380 g/mol. The van der Waals surface area contributed by atoms with Gasteiger partial charge in [0.15, 0.2) is 0 Å². The lowest BCUT2D eigenvalue weighted by Gasteiger charge is -2.49. The topological polar surface area (TPSA) is 44.8 Å². The zero-order chi connectivity index (χ0) is 19.9. The Kier molecular flexibility index (Phi) is 5.85. The molecule has 2 heterocycles. The van der Waals surface area contributed by atoms with Gasteiger partial charge < -0.3 is 15.0 Å². The fourth-order valence-corrected chi connectivity index (χ4v) is 4.98. The Morgan fingerprint density at radius 3 is 2.22 bits per heavy atom. The fraction of sp³-hybridized carbons (Fsp3) is 0.955. The highest BCUT2D eigenvalue weighted by molar-refractivity contribution is 5.68. The maximum atomic E-state index is 12.3. The molecule has 3 rings (SSSR count). The van der Waals surface area contributed by atoms with Crippen molar-refractivity contribution >= 4 is 6.09 Å². The van der Waals surface area contributed by atoms with Crippen molar-refractivity contribution in [1.29, 1.82) is 0 Å². The third kappa shape index (κ3) is 5.17. The van der Waals surface area contributed by atoms with Crippen molar-refractivity contribution in [2.45, 2.75) is 90.8 Å². The first kappa shape index (κ1) is 20.9. The predicted octanol–water partition coefficient (Wildman–Crippen LogP) is 3.88. The van der Waals surface area contributed by atoms with Gasteiger partial charge in [0.05, 0.1) is 0 Å². The molecule has 0 bridgehead atoms. The summed E-state index contributed by atoms with van der Waals surface area (Å²) in [6, 6.07) is 0.621. The van der Waals surface area contributed by atoms with E-state index in [-0.39, 0.29) is 6.09 Å². The zero-order valence-corrected chi connectivity index (χ0v) is 18.4. The zero-order valence-electron chi connectivity index (χ0n) is 18.4. The molecule has 27 heavy (non-hydrogen) atoms. The van der Waals surface area contributed by atoms with E-state index in [1.165, 1.54) is 25.8 Å². The van der Waals surface area contributed by atoms with Crippen LogP contribution in [0.3, 0.4) is 0 Å². The van der Waals surface area contributed by atoms with Crippen LogP contribution in [0.15, 0.2) is 0 Å². The highest BCUT2D eigenvalue weighted by Crippen LogP contribution is 2.51. The molecule has 0 radical (unpaired) electrons. The van der Waals surface area contributed by atoms with Crippen LogP contribution in [0.1, 0.15) is 73.6 Å². The van der Waals surface area contributed by atoms with Crippen LogP contribution in [0.25, 0.3) is 0 Å². The van der Waals surface area contributed by atoms with Crippen molar-refractivity contribution < 1.29 is 9.53 Å². The minimum atomic E-state index is -0.406. The second kappa shape index (κ2) is 7.55. The van der Waals surface area contributed by atoms with Gasteiger partial charge in [-0.1, -0.05) is 20.8 Å². The van der Waals surface area contributed by atoms with Crippen molar-refractivity contribution in [2.24, 2.45) is 11.3 Å². The molecule has 0 aromatic heterocycles. The number of carbonyl (C=O) groups excluding carboxylic acids is 1. The normalized spacial score (nSPS) is 27.5. The number of piperidine rings is 1. The summed E-state index contributed by atoms with van der Waals surface area (Å²) in [6.07, 6.45) is 6.11. The largest absolute Gasteiger partial charge is 0.444 e. The van der Waals surface area contributed by atoms with Gasteiger partial charge in [-0.15, -0.1) is 0 Å². The third-order valence-electron chi connectivity index (χ3n) is 6.61. The lowest BCUT2D eigenvalue weighted by Crippen LogP contribution is -2.61. The number of amides is 1. The van der Waals surface area contributed by atoms with Crippen molar-refractivity contribution in [3.8, 4) is 0 Å². The maximum absolute atomic E-state index is 12.3. The van der Waals surface area contributed by atoms with E-state index in [4.69, 9.17) is 4.74 Å². The van der Waals surface area contributed by atoms with E-state index in [9.17, 15) is 4.79 Å². The van der Waals surface area contributed by atoms with Gasteiger partial charge in [-0.05, 0) is 64.2 Å². The van der Waals surface area contributed by atoms with Crippen LogP contribution in [-0.2, 0) is 4.74 Å². The molecule has 0 aromatic carbocycles. The number of nitrogens with zero attached hydrogens (tertiary/aromatic N) is 2. The van der Waals surface area contributed by atoms with E-state index in [0.717, 1.165) is 44.9 Å². The van der Waals surface area contributed by atoms with Gasteiger partial charge in [-0.2, -0.15) is 0 Å². The molecule has 156 valence electrons. The molecule has 5 nitrogen and oxygen atoms in total. The first-order valence-corrected chi connectivity index (χ1v) is 11.0. The summed E-state index contributed by atoms with van der Waals surface area (Å²) in [5.74, 6) is 0.738. The van der Waals surface area contributed by atoms with Gasteiger partial charge in [-0.3, -0.25) is 4.90 Å². The number of piperazine rings is 1. The second-order valence-corrected chi connectivity index (χ2v) is 11.1. The van der Waals surface area contributed by atoms with Crippen molar-refractivity contribution in [3.05, 3.63) is 0 Å². The molecule has 1 N–H and O–H groups in total. The van der Waals surface area contributed by atoms with E-state index in [1.807, 2.05) is 25.7 Å². The van der Waals surface area contributed by atoms with Crippen LogP contribution in [0, 0.1) is 11.3 Å². The number of carbonyl (C=O) groups is 1. The first-order valence-electron chi connectivity index (χ1n) is 11.0. The van der Waals surface area contributed by atoms with Crippen LogP contribution in [0.5, 0.6) is 0 Å². The van der Waals surface area contributed by atoms with Crippen molar-refractivity contribution in [3.63, 3.8) is 0 Å². The van der Waals surface area contributed by atoms with Gasteiger partial charge >= 0.3 is 6.09 Å². The molecule has 3 fully saturated rings. The standard InChI is InChI=1S/C22H41N3O2/c1-20(2,3)18-16-23-11-14-25(18)22(9-10-22)15-17-7-12-24(13-8-17)19(26)27-21(4,5)6/h17-18,23H,7-16H2,1-6H3. The summed E-state index contributed by atoms with van der Waals surface area (Å²) >= 11 is 0.